The highest BCUT2D eigenvalue weighted by Crippen LogP contribution is 2.19. The Bertz CT molecular complexity index is 225. The Morgan fingerprint density at radius 3 is 2.59 bits per heavy atom. The van der Waals surface area contributed by atoms with Gasteiger partial charge in [-0.1, -0.05) is 33.1 Å². The molecule has 0 bridgehead atoms. The lowest BCUT2D eigenvalue weighted by molar-refractivity contribution is -0.128. The molecule has 0 spiro atoms. The number of hydrogen-bond acceptors (Lipinski definition) is 3. The van der Waals surface area contributed by atoms with Gasteiger partial charge in [-0.15, -0.1) is 0 Å². The fourth-order valence-electron chi connectivity index (χ4n) is 1.93. The summed E-state index contributed by atoms with van der Waals surface area (Å²) in [4.78, 5) is 11.5. The summed E-state index contributed by atoms with van der Waals surface area (Å²) in [6.07, 6.45) is 5.62. The second-order valence-electron chi connectivity index (χ2n) is 5.19. The molecular formula is C13H25NO3. The summed E-state index contributed by atoms with van der Waals surface area (Å²) in [5, 5.41) is 12.2. The molecule has 1 saturated carbocycles. The first-order valence-electron chi connectivity index (χ1n) is 6.66. The number of aliphatic hydroxyl groups excluding tert-OH is 1. The van der Waals surface area contributed by atoms with Crippen LogP contribution in [-0.4, -0.2) is 36.4 Å². The molecule has 0 unspecified atom stereocenters. The zero-order chi connectivity index (χ0) is 12.7. The summed E-state index contributed by atoms with van der Waals surface area (Å²) < 4.78 is 5.54. The molecule has 100 valence electrons. The number of carbonyl (C=O) groups is 1. The van der Waals surface area contributed by atoms with Crippen molar-refractivity contribution in [3.63, 3.8) is 0 Å². The number of aliphatic hydroxyl groups is 1. The second kappa shape index (κ2) is 7.67. The minimum Gasteiger partial charge on any atom is -0.391 e. The first-order chi connectivity index (χ1) is 8.09. The van der Waals surface area contributed by atoms with Crippen molar-refractivity contribution in [1.29, 1.82) is 0 Å². The fourth-order valence-corrected chi connectivity index (χ4v) is 1.93. The molecule has 0 aliphatic heterocycles. The second-order valence-corrected chi connectivity index (χ2v) is 5.19. The summed E-state index contributed by atoms with van der Waals surface area (Å²) in [7, 11) is 0. The Kier molecular flexibility index (Phi) is 6.52. The summed E-state index contributed by atoms with van der Waals surface area (Å²) in [5.41, 5.74) is 0. The van der Waals surface area contributed by atoms with Crippen molar-refractivity contribution in [1.82, 2.24) is 5.32 Å². The maximum absolute atomic E-state index is 11.5. The number of nitrogens with one attached hydrogen (secondary N) is 1. The van der Waals surface area contributed by atoms with Crippen molar-refractivity contribution in [2.24, 2.45) is 5.92 Å². The zero-order valence-electron chi connectivity index (χ0n) is 10.9. The van der Waals surface area contributed by atoms with Gasteiger partial charge in [0.1, 0.15) is 6.61 Å². The van der Waals surface area contributed by atoms with Gasteiger partial charge in [-0.25, -0.2) is 0 Å². The number of hydrogen-bond donors (Lipinski definition) is 2. The summed E-state index contributed by atoms with van der Waals surface area (Å²) in [6, 6.07) is 0. The molecule has 2 N–H and O–H groups in total. The lowest BCUT2D eigenvalue weighted by Crippen LogP contribution is -2.37. The van der Waals surface area contributed by atoms with Crippen LogP contribution < -0.4 is 5.32 Å². The number of ether oxygens (including phenoxy) is 1. The van der Waals surface area contributed by atoms with Crippen molar-refractivity contribution >= 4 is 5.91 Å². The molecule has 4 heteroatoms. The molecule has 1 fully saturated rings. The third-order valence-electron chi connectivity index (χ3n) is 3.28. The lowest BCUT2D eigenvalue weighted by atomic mass is 9.98. The Morgan fingerprint density at radius 1 is 1.35 bits per heavy atom. The SMILES string of the molecule is CC(C)[C@H](O)CNC(=O)COC1CCCCC1. The minimum absolute atomic E-state index is 0.121. The van der Waals surface area contributed by atoms with Crippen molar-refractivity contribution in [2.75, 3.05) is 13.2 Å². The van der Waals surface area contributed by atoms with E-state index in [9.17, 15) is 9.90 Å². The summed E-state index contributed by atoms with van der Waals surface area (Å²) in [6.45, 7) is 4.28. The van der Waals surface area contributed by atoms with Crippen LogP contribution in [0, 0.1) is 5.92 Å². The van der Waals surface area contributed by atoms with Crippen LogP contribution in [0.15, 0.2) is 0 Å². The molecule has 0 heterocycles. The average Bonchev–Trinajstić information content (AvgIpc) is 2.34. The van der Waals surface area contributed by atoms with Crippen LogP contribution in [-0.2, 0) is 9.53 Å². The molecule has 1 aliphatic rings. The van der Waals surface area contributed by atoms with E-state index in [1.807, 2.05) is 13.8 Å². The maximum atomic E-state index is 11.5. The number of rotatable bonds is 6. The molecule has 0 radical (unpaired) electrons. The normalized spacial score (nSPS) is 19.3. The molecule has 0 aromatic heterocycles. The van der Waals surface area contributed by atoms with Gasteiger partial charge in [-0.3, -0.25) is 4.79 Å². The van der Waals surface area contributed by atoms with Crippen LogP contribution in [0.3, 0.4) is 0 Å². The van der Waals surface area contributed by atoms with E-state index in [4.69, 9.17) is 4.74 Å². The molecule has 1 amide bonds. The Morgan fingerprint density at radius 2 is 2.00 bits per heavy atom. The first kappa shape index (κ1) is 14.5. The highest BCUT2D eigenvalue weighted by atomic mass is 16.5. The quantitative estimate of drug-likeness (QED) is 0.742. The van der Waals surface area contributed by atoms with Crippen LogP contribution in [0.2, 0.25) is 0 Å². The molecule has 1 rings (SSSR count). The number of amides is 1. The van der Waals surface area contributed by atoms with Gasteiger partial charge in [0.15, 0.2) is 0 Å². The van der Waals surface area contributed by atoms with Crippen molar-refractivity contribution in [3.05, 3.63) is 0 Å². The first-order valence-corrected chi connectivity index (χ1v) is 6.66. The third-order valence-corrected chi connectivity index (χ3v) is 3.28. The van der Waals surface area contributed by atoms with E-state index in [1.165, 1.54) is 19.3 Å². The third kappa shape index (κ3) is 6.03. The van der Waals surface area contributed by atoms with E-state index in [2.05, 4.69) is 5.32 Å². The van der Waals surface area contributed by atoms with Gasteiger partial charge in [0, 0.05) is 6.54 Å². The predicted molar refractivity (Wildman–Crippen MR) is 66.7 cm³/mol. The lowest BCUT2D eigenvalue weighted by Gasteiger charge is -2.22. The fraction of sp³-hybridized carbons (Fsp3) is 0.923. The highest BCUT2D eigenvalue weighted by molar-refractivity contribution is 5.77. The minimum atomic E-state index is -0.478. The van der Waals surface area contributed by atoms with Crippen molar-refractivity contribution in [3.8, 4) is 0 Å². The number of carbonyl (C=O) groups excluding carboxylic acids is 1. The summed E-state index contributed by atoms with van der Waals surface area (Å²) >= 11 is 0. The van der Waals surface area contributed by atoms with E-state index in [0.717, 1.165) is 12.8 Å². The Labute approximate surface area is 104 Å². The van der Waals surface area contributed by atoms with Crippen molar-refractivity contribution in [2.45, 2.75) is 58.2 Å². The van der Waals surface area contributed by atoms with Gasteiger partial charge < -0.3 is 15.2 Å². The van der Waals surface area contributed by atoms with Crippen LogP contribution in [0.25, 0.3) is 0 Å². The maximum Gasteiger partial charge on any atom is 0.246 e. The molecule has 0 saturated heterocycles. The molecule has 1 atom stereocenters. The van der Waals surface area contributed by atoms with E-state index in [-0.39, 0.29) is 24.5 Å². The van der Waals surface area contributed by atoms with E-state index in [0.29, 0.717) is 6.54 Å². The van der Waals surface area contributed by atoms with E-state index >= 15 is 0 Å². The van der Waals surface area contributed by atoms with Gasteiger partial charge in [0.25, 0.3) is 0 Å². The standard InChI is InChI=1S/C13H25NO3/c1-10(2)12(15)8-14-13(16)9-17-11-6-4-3-5-7-11/h10-12,15H,3-9H2,1-2H3,(H,14,16)/t12-/m1/s1. The average molecular weight is 243 g/mol. The molecule has 4 nitrogen and oxygen atoms in total. The highest BCUT2D eigenvalue weighted by Gasteiger charge is 2.16. The predicted octanol–water partition coefficient (Wildman–Crippen LogP) is 1.47. The molecule has 17 heavy (non-hydrogen) atoms. The van der Waals surface area contributed by atoms with Gasteiger partial charge >= 0.3 is 0 Å². The molecule has 1 aliphatic carbocycles. The molecule has 0 aromatic carbocycles. The topological polar surface area (TPSA) is 58.6 Å². The Balaban J connectivity index is 2.08. The van der Waals surface area contributed by atoms with Gasteiger partial charge in [-0.2, -0.15) is 0 Å². The van der Waals surface area contributed by atoms with Gasteiger partial charge in [-0.05, 0) is 18.8 Å². The van der Waals surface area contributed by atoms with E-state index in [1.54, 1.807) is 0 Å². The van der Waals surface area contributed by atoms with Gasteiger partial charge in [0.05, 0.1) is 12.2 Å². The molecule has 0 aromatic rings. The monoisotopic (exact) mass is 243 g/mol. The smallest absolute Gasteiger partial charge is 0.246 e. The van der Waals surface area contributed by atoms with Crippen LogP contribution >= 0.6 is 0 Å². The van der Waals surface area contributed by atoms with Gasteiger partial charge in [0.2, 0.25) is 5.91 Å². The van der Waals surface area contributed by atoms with Crippen molar-refractivity contribution < 1.29 is 14.6 Å². The van der Waals surface area contributed by atoms with E-state index < -0.39 is 6.10 Å². The van der Waals surface area contributed by atoms with Crippen LogP contribution in [0.4, 0.5) is 0 Å². The Hall–Kier alpha value is -0.610. The van der Waals surface area contributed by atoms with Crippen LogP contribution in [0.1, 0.15) is 46.0 Å². The summed E-state index contributed by atoms with van der Waals surface area (Å²) in [5.74, 6) is 0.0323. The van der Waals surface area contributed by atoms with Crippen LogP contribution in [0.5, 0.6) is 0 Å². The zero-order valence-corrected chi connectivity index (χ0v) is 10.9. The molecular weight excluding hydrogens is 218 g/mol. The largest absolute Gasteiger partial charge is 0.391 e.